The van der Waals surface area contributed by atoms with Crippen LogP contribution in [0, 0.1) is 0 Å². The maximum absolute atomic E-state index is 12.5. The van der Waals surface area contributed by atoms with Crippen LogP contribution in [0.25, 0.3) is 0 Å². The quantitative estimate of drug-likeness (QED) is 0.462. The average Bonchev–Trinajstić information content (AvgIpc) is 2.88. The van der Waals surface area contributed by atoms with Crippen LogP contribution in [0.5, 0.6) is 11.5 Å². The number of para-hydroxylation sites is 2. The summed E-state index contributed by atoms with van der Waals surface area (Å²) < 4.78 is 10.7. The Morgan fingerprint density at radius 3 is 2.44 bits per heavy atom. The molecule has 3 aromatic rings. The van der Waals surface area contributed by atoms with Crippen molar-refractivity contribution in [2.24, 2.45) is 0 Å². The number of piperazine rings is 1. The first-order valence-corrected chi connectivity index (χ1v) is 12.2. The lowest BCUT2D eigenvalue weighted by Crippen LogP contribution is -2.47. The molecular weight excluding hydrogens is 474 g/mol. The van der Waals surface area contributed by atoms with Gasteiger partial charge in [0.25, 0.3) is 0 Å². The predicted molar refractivity (Wildman–Crippen MR) is 137 cm³/mol. The Morgan fingerprint density at radius 1 is 1.00 bits per heavy atom. The van der Waals surface area contributed by atoms with Gasteiger partial charge in [0, 0.05) is 44.3 Å². The first-order chi connectivity index (χ1) is 16.6. The van der Waals surface area contributed by atoms with Crippen LogP contribution in [0.1, 0.15) is 0 Å². The van der Waals surface area contributed by atoms with E-state index in [2.05, 4.69) is 31.2 Å². The van der Waals surface area contributed by atoms with Crippen molar-refractivity contribution in [2.45, 2.75) is 5.03 Å². The fourth-order valence-electron chi connectivity index (χ4n) is 3.76. The zero-order chi connectivity index (χ0) is 23.9. The van der Waals surface area contributed by atoms with Crippen LogP contribution in [0.2, 0.25) is 5.02 Å². The number of nitrogens with one attached hydrogen (secondary N) is 1. The number of rotatable bonds is 8. The SMILES string of the molecule is COc1ccc(NC(=O)CSc2nccnc2N2CCN(c3ccccc3OC)CC2)cc1Cl. The molecule has 1 fully saturated rings. The summed E-state index contributed by atoms with van der Waals surface area (Å²) in [5, 5.41) is 4.03. The van der Waals surface area contributed by atoms with Crippen molar-refractivity contribution in [2.75, 3.05) is 61.3 Å². The first-order valence-electron chi connectivity index (χ1n) is 10.8. The molecule has 0 saturated carbocycles. The summed E-state index contributed by atoms with van der Waals surface area (Å²) in [6.45, 7) is 3.25. The molecule has 2 heterocycles. The second kappa shape index (κ2) is 11.3. The highest BCUT2D eigenvalue weighted by Crippen LogP contribution is 2.31. The summed E-state index contributed by atoms with van der Waals surface area (Å²) in [6.07, 6.45) is 3.34. The average molecular weight is 500 g/mol. The van der Waals surface area contributed by atoms with E-state index < -0.39 is 0 Å². The molecule has 34 heavy (non-hydrogen) atoms. The lowest BCUT2D eigenvalue weighted by atomic mass is 10.2. The number of ether oxygens (including phenoxy) is 2. The van der Waals surface area contributed by atoms with Crippen LogP contribution in [-0.4, -0.2) is 62.0 Å². The van der Waals surface area contributed by atoms with Crippen molar-refractivity contribution < 1.29 is 14.3 Å². The van der Waals surface area contributed by atoms with E-state index in [1.807, 2.05) is 18.2 Å². The first kappa shape index (κ1) is 24.0. The number of methoxy groups -OCH3 is 2. The molecule has 0 aliphatic carbocycles. The molecule has 0 spiro atoms. The van der Waals surface area contributed by atoms with E-state index >= 15 is 0 Å². The predicted octanol–water partition coefficient (Wildman–Crippen LogP) is 4.20. The largest absolute Gasteiger partial charge is 0.495 e. The number of carbonyl (C=O) groups excluding carboxylic acids is 1. The van der Waals surface area contributed by atoms with Gasteiger partial charge in [0.1, 0.15) is 16.5 Å². The molecular formula is C24H26ClN5O3S. The minimum atomic E-state index is -0.149. The molecule has 1 aliphatic heterocycles. The van der Waals surface area contributed by atoms with Crippen molar-refractivity contribution >= 4 is 46.5 Å². The van der Waals surface area contributed by atoms with E-state index in [1.165, 1.54) is 11.8 Å². The van der Waals surface area contributed by atoms with Gasteiger partial charge in [-0.3, -0.25) is 4.79 Å². The maximum Gasteiger partial charge on any atom is 0.234 e. The topological polar surface area (TPSA) is 79.8 Å². The van der Waals surface area contributed by atoms with Gasteiger partial charge in [-0.05, 0) is 30.3 Å². The van der Waals surface area contributed by atoms with Gasteiger partial charge in [-0.2, -0.15) is 0 Å². The number of anilines is 3. The van der Waals surface area contributed by atoms with E-state index in [4.69, 9.17) is 21.1 Å². The minimum absolute atomic E-state index is 0.149. The van der Waals surface area contributed by atoms with Gasteiger partial charge < -0.3 is 24.6 Å². The molecule has 1 aliphatic rings. The molecule has 1 N–H and O–H groups in total. The monoisotopic (exact) mass is 499 g/mol. The lowest BCUT2D eigenvalue weighted by molar-refractivity contribution is -0.113. The molecule has 4 rings (SSSR count). The van der Waals surface area contributed by atoms with Gasteiger partial charge in [0.05, 0.1) is 30.7 Å². The summed E-state index contributed by atoms with van der Waals surface area (Å²) >= 11 is 7.51. The Bertz CT molecular complexity index is 1140. The second-order valence-corrected chi connectivity index (χ2v) is 8.89. The summed E-state index contributed by atoms with van der Waals surface area (Å²) in [5.41, 5.74) is 1.71. The number of amides is 1. The molecule has 8 nitrogen and oxygen atoms in total. The highest BCUT2D eigenvalue weighted by molar-refractivity contribution is 8.00. The number of carbonyl (C=O) groups is 1. The fraction of sp³-hybridized carbons (Fsp3) is 0.292. The highest BCUT2D eigenvalue weighted by atomic mass is 35.5. The van der Waals surface area contributed by atoms with Crippen molar-refractivity contribution in [1.29, 1.82) is 0 Å². The van der Waals surface area contributed by atoms with Gasteiger partial charge in [-0.15, -0.1) is 0 Å². The Kier molecular flexibility index (Phi) is 7.97. The number of nitrogens with zero attached hydrogens (tertiary/aromatic N) is 4. The number of hydrogen-bond acceptors (Lipinski definition) is 8. The van der Waals surface area contributed by atoms with Crippen LogP contribution in [0.15, 0.2) is 59.9 Å². The van der Waals surface area contributed by atoms with Crippen LogP contribution < -0.4 is 24.6 Å². The van der Waals surface area contributed by atoms with Crippen molar-refractivity contribution in [3.63, 3.8) is 0 Å². The number of hydrogen-bond donors (Lipinski definition) is 1. The molecule has 0 radical (unpaired) electrons. The van der Waals surface area contributed by atoms with E-state index in [9.17, 15) is 4.79 Å². The van der Waals surface area contributed by atoms with E-state index in [1.54, 1.807) is 44.8 Å². The summed E-state index contributed by atoms with van der Waals surface area (Å²) in [5.74, 6) is 2.28. The Hall–Kier alpha value is -3.17. The third-order valence-corrected chi connectivity index (χ3v) is 6.69. The Labute approximate surface area is 208 Å². The Morgan fingerprint density at radius 2 is 1.71 bits per heavy atom. The normalized spacial score (nSPS) is 13.5. The van der Waals surface area contributed by atoms with Gasteiger partial charge in [0.2, 0.25) is 5.91 Å². The smallest absolute Gasteiger partial charge is 0.234 e. The van der Waals surface area contributed by atoms with E-state index in [-0.39, 0.29) is 11.7 Å². The number of benzene rings is 2. The lowest BCUT2D eigenvalue weighted by Gasteiger charge is -2.37. The molecule has 10 heteroatoms. The molecule has 1 saturated heterocycles. The molecule has 0 unspecified atom stereocenters. The number of halogens is 1. The van der Waals surface area contributed by atoms with Crippen LogP contribution in [0.3, 0.4) is 0 Å². The molecule has 0 atom stereocenters. The van der Waals surface area contributed by atoms with Crippen molar-refractivity contribution in [3.05, 3.63) is 59.9 Å². The number of thioether (sulfide) groups is 1. The molecule has 178 valence electrons. The van der Waals surface area contributed by atoms with E-state index in [0.717, 1.165) is 48.5 Å². The van der Waals surface area contributed by atoms with Crippen LogP contribution in [0.4, 0.5) is 17.2 Å². The maximum atomic E-state index is 12.5. The standard InChI is InChI=1S/C24H26ClN5O3S/c1-32-20-8-7-17(15-18(20)25)28-22(31)16-34-24-23(26-9-10-27-24)30-13-11-29(12-14-30)19-5-3-4-6-21(19)33-2/h3-10,15H,11-14,16H2,1-2H3,(H,28,31). The van der Waals surface area contributed by atoms with Gasteiger partial charge in [0.15, 0.2) is 5.82 Å². The molecule has 2 aromatic carbocycles. The van der Waals surface area contributed by atoms with Gasteiger partial charge in [-0.1, -0.05) is 35.5 Å². The summed E-state index contributed by atoms with van der Waals surface area (Å²) in [4.78, 5) is 26.1. The van der Waals surface area contributed by atoms with Crippen molar-refractivity contribution in [3.8, 4) is 11.5 Å². The fourth-order valence-corrected chi connectivity index (χ4v) is 4.81. The number of aromatic nitrogens is 2. The summed E-state index contributed by atoms with van der Waals surface area (Å²) in [6, 6.07) is 13.2. The molecule has 1 aromatic heterocycles. The van der Waals surface area contributed by atoms with Crippen LogP contribution in [-0.2, 0) is 4.79 Å². The Balaban J connectivity index is 1.36. The summed E-state index contributed by atoms with van der Waals surface area (Å²) in [7, 11) is 3.24. The molecule has 1 amide bonds. The van der Waals surface area contributed by atoms with Crippen LogP contribution >= 0.6 is 23.4 Å². The minimum Gasteiger partial charge on any atom is -0.495 e. The van der Waals surface area contributed by atoms with Gasteiger partial charge in [-0.25, -0.2) is 9.97 Å². The third-order valence-electron chi connectivity index (χ3n) is 5.43. The third kappa shape index (κ3) is 5.66. The zero-order valence-electron chi connectivity index (χ0n) is 19.0. The zero-order valence-corrected chi connectivity index (χ0v) is 20.6. The van der Waals surface area contributed by atoms with E-state index in [0.29, 0.717) is 16.5 Å². The highest BCUT2D eigenvalue weighted by Gasteiger charge is 2.23. The second-order valence-electron chi connectivity index (χ2n) is 7.52. The molecule has 0 bridgehead atoms. The van der Waals surface area contributed by atoms with Gasteiger partial charge >= 0.3 is 0 Å². The van der Waals surface area contributed by atoms with Crippen molar-refractivity contribution in [1.82, 2.24) is 9.97 Å².